The number of nitriles is 1. The van der Waals surface area contributed by atoms with Crippen LogP contribution in [0.5, 0.6) is 0 Å². The van der Waals surface area contributed by atoms with E-state index in [1.165, 1.54) is 23.4 Å². The van der Waals surface area contributed by atoms with Gasteiger partial charge in [-0.1, -0.05) is 48.5 Å². The number of anilines is 2. The maximum Gasteiger partial charge on any atom is 0.376 e. The maximum atomic E-state index is 12.8. The number of hydrogen-bond acceptors (Lipinski definition) is 10. The molecule has 1 saturated heterocycles. The summed E-state index contributed by atoms with van der Waals surface area (Å²) in [5, 5.41) is 13.6. The average molecular weight is 577 g/mol. The average Bonchev–Trinajstić information content (AvgIpc) is 3.04. The molecule has 0 spiro atoms. The third-order valence-electron chi connectivity index (χ3n) is 8.11. The van der Waals surface area contributed by atoms with Crippen LogP contribution in [0.1, 0.15) is 44.2 Å². The minimum Gasteiger partial charge on any atom is -0.463 e. The maximum absolute atomic E-state index is 12.8. The van der Waals surface area contributed by atoms with Crippen molar-refractivity contribution in [1.82, 2.24) is 15.0 Å². The lowest BCUT2D eigenvalue weighted by Crippen LogP contribution is -2.54. The van der Waals surface area contributed by atoms with E-state index >= 15 is 0 Å². The summed E-state index contributed by atoms with van der Waals surface area (Å²) < 4.78 is 5.01. The first-order valence-electron chi connectivity index (χ1n) is 14.3. The molecule has 3 heterocycles. The summed E-state index contributed by atoms with van der Waals surface area (Å²) >= 11 is 0. The van der Waals surface area contributed by atoms with Gasteiger partial charge in [-0.05, 0) is 42.5 Å². The largest absolute Gasteiger partial charge is 0.463 e. The topological polar surface area (TPSA) is 112 Å². The molecule has 0 amide bonds. The first-order chi connectivity index (χ1) is 21.0. The number of aryl methyl sites for hydroxylation is 1. The van der Waals surface area contributed by atoms with Crippen molar-refractivity contribution < 1.29 is 19.2 Å². The highest BCUT2D eigenvalue weighted by molar-refractivity contribution is 5.97. The van der Waals surface area contributed by atoms with Gasteiger partial charge in [0.1, 0.15) is 5.82 Å². The van der Waals surface area contributed by atoms with Crippen LogP contribution in [0.3, 0.4) is 0 Å². The number of rotatable bonds is 6. The quantitative estimate of drug-likeness (QED) is 0.305. The van der Waals surface area contributed by atoms with Gasteiger partial charge in [-0.15, -0.1) is 5.06 Å². The van der Waals surface area contributed by atoms with E-state index in [-0.39, 0.29) is 18.3 Å². The smallest absolute Gasteiger partial charge is 0.376 e. The van der Waals surface area contributed by atoms with Crippen molar-refractivity contribution in [3.05, 3.63) is 94.9 Å². The van der Waals surface area contributed by atoms with E-state index in [1.807, 2.05) is 6.07 Å². The van der Waals surface area contributed by atoms with Crippen molar-refractivity contribution in [3.63, 3.8) is 0 Å². The molecule has 43 heavy (non-hydrogen) atoms. The molecule has 1 aromatic heterocycles. The van der Waals surface area contributed by atoms with Crippen LogP contribution in [0.4, 0.5) is 11.5 Å². The van der Waals surface area contributed by atoms with Gasteiger partial charge in [0.15, 0.2) is 0 Å². The second kappa shape index (κ2) is 12.1. The minimum absolute atomic E-state index is 0.00182. The van der Waals surface area contributed by atoms with Crippen LogP contribution >= 0.6 is 0 Å². The zero-order valence-electron chi connectivity index (χ0n) is 24.2. The molecule has 1 fully saturated rings. The van der Waals surface area contributed by atoms with Gasteiger partial charge < -0.3 is 19.4 Å². The van der Waals surface area contributed by atoms with Gasteiger partial charge in [-0.2, -0.15) is 5.26 Å². The number of esters is 1. The molecule has 4 aromatic rings. The Hall–Kier alpha value is -5.01. The summed E-state index contributed by atoms with van der Waals surface area (Å²) in [7, 11) is 1.32. The summed E-state index contributed by atoms with van der Waals surface area (Å²) in [6.07, 6.45) is 0.838. The first-order valence-corrected chi connectivity index (χ1v) is 14.3. The Morgan fingerprint density at radius 1 is 0.953 bits per heavy atom. The molecular weight excluding hydrogens is 544 g/mol. The van der Waals surface area contributed by atoms with E-state index in [0.717, 1.165) is 23.5 Å². The molecule has 10 nitrogen and oxygen atoms in total. The Bertz CT molecular complexity index is 1720. The lowest BCUT2D eigenvalue weighted by Gasteiger charge is -2.41. The summed E-state index contributed by atoms with van der Waals surface area (Å²) in [6, 6.07) is 23.3. The predicted molar refractivity (Wildman–Crippen MR) is 162 cm³/mol. The fourth-order valence-electron chi connectivity index (χ4n) is 5.99. The van der Waals surface area contributed by atoms with Gasteiger partial charge >= 0.3 is 11.9 Å². The van der Waals surface area contributed by atoms with Crippen molar-refractivity contribution in [1.29, 1.82) is 5.26 Å². The van der Waals surface area contributed by atoms with Gasteiger partial charge in [0.05, 0.1) is 50.0 Å². The normalized spacial score (nSPS) is 16.8. The number of benzene rings is 3. The molecule has 0 saturated carbocycles. The highest BCUT2D eigenvalue weighted by atomic mass is 16.7. The number of ether oxygens (including phenoxy) is 1. The Balaban J connectivity index is 1.30. The highest BCUT2D eigenvalue weighted by Gasteiger charge is 2.34. The molecule has 218 valence electrons. The number of hydroxylamine groups is 2. The first kappa shape index (κ1) is 28.1. The van der Waals surface area contributed by atoms with Gasteiger partial charge in [-0.3, -0.25) is 0 Å². The van der Waals surface area contributed by atoms with Crippen LogP contribution in [-0.2, 0) is 22.5 Å². The van der Waals surface area contributed by atoms with Gasteiger partial charge in [-0.25, -0.2) is 19.6 Å². The number of carbonyl (C=O) groups excluding carboxylic acids is 2. The lowest BCUT2D eigenvalue weighted by molar-refractivity contribution is -0.140. The predicted octanol–water partition coefficient (Wildman–Crippen LogP) is 4.46. The van der Waals surface area contributed by atoms with E-state index in [9.17, 15) is 14.9 Å². The van der Waals surface area contributed by atoms with Crippen molar-refractivity contribution >= 4 is 34.2 Å². The standard InChI is InChI=1S/C33H32N6O4/c1-22-8-6-11-23-12-7-13-28(29(22)23)37-17-15-26-27(21-37)35-30(33(41)42-2)36-31(26)38-18-19-39(25(20-38)14-16-34)43-32(40)24-9-4-3-5-10-24/h3-13,25H,14-15,17-21H2,1-2H3/t25-/m0/s1. The van der Waals surface area contributed by atoms with Crippen molar-refractivity contribution in [2.45, 2.75) is 32.4 Å². The molecule has 6 rings (SSSR count). The van der Waals surface area contributed by atoms with Crippen LogP contribution in [0.2, 0.25) is 0 Å². The number of nitrogens with zero attached hydrogens (tertiary/aromatic N) is 6. The van der Waals surface area contributed by atoms with Gasteiger partial charge in [0.25, 0.3) is 0 Å². The van der Waals surface area contributed by atoms with Crippen LogP contribution in [0.25, 0.3) is 10.8 Å². The zero-order chi connectivity index (χ0) is 29.9. The summed E-state index contributed by atoms with van der Waals surface area (Å²) in [4.78, 5) is 44.9. The molecule has 2 aliphatic rings. The Labute approximate surface area is 250 Å². The molecule has 0 radical (unpaired) electrons. The fourth-order valence-corrected chi connectivity index (χ4v) is 5.99. The third-order valence-corrected chi connectivity index (χ3v) is 8.11. The molecule has 3 aromatic carbocycles. The van der Waals surface area contributed by atoms with E-state index in [0.29, 0.717) is 44.0 Å². The zero-order valence-corrected chi connectivity index (χ0v) is 24.2. The number of carbonyl (C=O) groups is 2. The summed E-state index contributed by atoms with van der Waals surface area (Å²) in [5.41, 5.74) is 4.53. The third kappa shape index (κ3) is 5.59. The molecule has 0 unspecified atom stereocenters. The molecule has 0 N–H and O–H groups in total. The molecule has 10 heteroatoms. The number of hydrogen-bond donors (Lipinski definition) is 0. The summed E-state index contributed by atoms with van der Waals surface area (Å²) in [5.74, 6) is -0.405. The van der Waals surface area contributed by atoms with Crippen molar-refractivity contribution in [2.24, 2.45) is 0 Å². The van der Waals surface area contributed by atoms with Crippen molar-refractivity contribution in [2.75, 3.05) is 43.1 Å². The van der Waals surface area contributed by atoms with Crippen LogP contribution in [-0.4, -0.2) is 66.3 Å². The van der Waals surface area contributed by atoms with E-state index in [4.69, 9.17) is 9.57 Å². The number of aromatic nitrogens is 2. The van der Waals surface area contributed by atoms with Gasteiger partial charge in [0.2, 0.25) is 5.82 Å². The van der Waals surface area contributed by atoms with Crippen LogP contribution in [0, 0.1) is 18.3 Å². The highest BCUT2D eigenvalue weighted by Crippen LogP contribution is 2.35. The fraction of sp³-hybridized carbons (Fsp3) is 0.303. The van der Waals surface area contributed by atoms with Crippen LogP contribution in [0.15, 0.2) is 66.7 Å². The molecule has 1 atom stereocenters. The Morgan fingerprint density at radius 3 is 2.51 bits per heavy atom. The molecule has 0 bridgehead atoms. The minimum atomic E-state index is -0.605. The molecule has 0 aliphatic carbocycles. The van der Waals surface area contributed by atoms with E-state index in [2.05, 4.69) is 69.2 Å². The second-order valence-electron chi connectivity index (χ2n) is 10.8. The van der Waals surface area contributed by atoms with Crippen LogP contribution < -0.4 is 9.80 Å². The summed E-state index contributed by atoms with van der Waals surface area (Å²) in [6.45, 7) is 4.64. The lowest BCUT2D eigenvalue weighted by atomic mass is 9.99. The van der Waals surface area contributed by atoms with E-state index in [1.54, 1.807) is 29.3 Å². The molecular formula is C33H32N6O4. The second-order valence-corrected chi connectivity index (χ2v) is 10.8. The number of methoxy groups -OCH3 is 1. The Kier molecular flexibility index (Phi) is 7.90. The monoisotopic (exact) mass is 576 g/mol. The SMILES string of the molecule is COC(=O)c1nc2c(c(N3CCN(OC(=O)c4ccccc4)[C@@H](CC#N)C3)n1)CCN(c1cccc3cccc(C)c13)C2. The van der Waals surface area contributed by atoms with Crippen molar-refractivity contribution in [3.8, 4) is 6.07 Å². The number of piperazine rings is 1. The number of fused-ring (bicyclic) bond motifs is 2. The Morgan fingerprint density at radius 2 is 1.74 bits per heavy atom. The van der Waals surface area contributed by atoms with Gasteiger partial charge in [0, 0.05) is 36.3 Å². The van der Waals surface area contributed by atoms with E-state index < -0.39 is 11.9 Å². The molecule has 2 aliphatic heterocycles.